The summed E-state index contributed by atoms with van der Waals surface area (Å²) >= 11 is 13.2. The van der Waals surface area contributed by atoms with Crippen molar-refractivity contribution in [2.45, 2.75) is 13.2 Å². The van der Waals surface area contributed by atoms with Crippen LogP contribution in [0.4, 0.5) is 9.18 Å². The van der Waals surface area contributed by atoms with Gasteiger partial charge in [-0.3, -0.25) is 14.5 Å². The molecule has 0 atom stereocenters. The zero-order valence-corrected chi connectivity index (χ0v) is 18.9. The molecule has 0 saturated carbocycles. The van der Waals surface area contributed by atoms with Gasteiger partial charge < -0.3 is 4.74 Å². The fraction of sp³-hybridized carbons (Fsp3) is 0.0833. The van der Waals surface area contributed by atoms with Crippen molar-refractivity contribution >= 4 is 52.2 Å². The molecule has 0 unspecified atom stereocenters. The second-order valence-corrected chi connectivity index (χ2v) is 8.76. The molecule has 8 heteroatoms. The second kappa shape index (κ2) is 9.77. The van der Waals surface area contributed by atoms with Crippen LogP contribution in [0.3, 0.4) is 0 Å². The van der Waals surface area contributed by atoms with E-state index < -0.39 is 5.91 Å². The Morgan fingerprint density at radius 3 is 2.25 bits per heavy atom. The third-order valence-electron chi connectivity index (χ3n) is 4.75. The monoisotopic (exact) mass is 487 g/mol. The van der Waals surface area contributed by atoms with Gasteiger partial charge in [0.05, 0.1) is 11.4 Å². The summed E-state index contributed by atoms with van der Waals surface area (Å²) in [7, 11) is 0. The number of rotatable bonds is 6. The van der Waals surface area contributed by atoms with Gasteiger partial charge in [0, 0.05) is 15.6 Å². The van der Waals surface area contributed by atoms with Crippen molar-refractivity contribution in [3.05, 3.63) is 104 Å². The summed E-state index contributed by atoms with van der Waals surface area (Å²) in [6.45, 7) is 0.319. The van der Waals surface area contributed by atoms with Gasteiger partial charge in [-0.1, -0.05) is 53.5 Å². The van der Waals surface area contributed by atoms with Gasteiger partial charge in [0.2, 0.25) is 0 Å². The molecule has 32 heavy (non-hydrogen) atoms. The largest absolute Gasteiger partial charge is 0.489 e. The number of amides is 2. The Morgan fingerprint density at radius 1 is 0.938 bits per heavy atom. The Morgan fingerprint density at radius 2 is 1.59 bits per heavy atom. The third kappa shape index (κ3) is 5.15. The average Bonchev–Trinajstić information content (AvgIpc) is 3.04. The molecule has 0 N–H and O–H groups in total. The van der Waals surface area contributed by atoms with Gasteiger partial charge in [-0.15, -0.1) is 0 Å². The van der Waals surface area contributed by atoms with Crippen LogP contribution in [0.2, 0.25) is 10.0 Å². The summed E-state index contributed by atoms with van der Waals surface area (Å²) in [5.74, 6) is -0.0574. The highest BCUT2D eigenvalue weighted by molar-refractivity contribution is 8.18. The maximum atomic E-state index is 13.0. The lowest BCUT2D eigenvalue weighted by atomic mass is 10.2. The fourth-order valence-corrected chi connectivity index (χ4v) is 4.39. The number of imide groups is 1. The number of hydrogen-bond donors (Lipinski definition) is 0. The summed E-state index contributed by atoms with van der Waals surface area (Å²) in [5.41, 5.74) is 2.13. The van der Waals surface area contributed by atoms with E-state index in [0.717, 1.165) is 27.8 Å². The molecule has 3 aromatic rings. The standard InChI is InChI=1S/C24H16Cl2FNO3S/c25-20-2-1-3-21(26)19(20)13-28-23(29)22(32-24(28)30)12-15-6-10-18(11-7-15)31-14-16-4-8-17(27)9-5-16/h1-12H,13-14H2. The van der Waals surface area contributed by atoms with Crippen LogP contribution in [0.15, 0.2) is 71.6 Å². The van der Waals surface area contributed by atoms with E-state index in [9.17, 15) is 14.0 Å². The molecule has 1 aliphatic rings. The molecule has 4 rings (SSSR count). The van der Waals surface area contributed by atoms with E-state index in [0.29, 0.717) is 32.9 Å². The fourth-order valence-electron chi connectivity index (χ4n) is 3.04. The topological polar surface area (TPSA) is 46.6 Å². The number of hydrogen-bond acceptors (Lipinski definition) is 4. The van der Waals surface area contributed by atoms with Gasteiger partial charge in [-0.05, 0) is 65.4 Å². The van der Waals surface area contributed by atoms with Crippen molar-refractivity contribution in [3.8, 4) is 5.75 Å². The first-order chi connectivity index (χ1) is 15.4. The minimum atomic E-state index is -0.396. The van der Waals surface area contributed by atoms with Gasteiger partial charge >= 0.3 is 0 Å². The first-order valence-corrected chi connectivity index (χ1v) is 11.1. The minimum Gasteiger partial charge on any atom is -0.489 e. The molecule has 0 bridgehead atoms. The molecule has 0 aromatic heterocycles. The summed E-state index contributed by atoms with van der Waals surface area (Å²) in [5, 5.41) is 0.421. The quantitative estimate of drug-likeness (QED) is 0.353. The lowest BCUT2D eigenvalue weighted by Gasteiger charge is -2.14. The van der Waals surface area contributed by atoms with Crippen LogP contribution in [0.1, 0.15) is 16.7 Å². The molecule has 4 nitrogen and oxygen atoms in total. The highest BCUT2D eigenvalue weighted by Crippen LogP contribution is 2.35. The maximum absolute atomic E-state index is 13.0. The number of nitrogens with zero attached hydrogens (tertiary/aromatic N) is 1. The summed E-state index contributed by atoms with van der Waals surface area (Å²) in [6, 6.07) is 18.2. The second-order valence-electron chi connectivity index (χ2n) is 6.95. The minimum absolute atomic E-state index is 0.0106. The molecular weight excluding hydrogens is 472 g/mol. The predicted octanol–water partition coefficient (Wildman–Crippen LogP) is 6.95. The van der Waals surface area contributed by atoms with Crippen LogP contribution in [-0.2, 0) is 17.9 Å². The van der Waals surface area contributed by atoms with Crippen LogP contribution in [0.5, 0.6) is 5.75 Å². The first kappa shape index (κ1) is 22.4. The highest BCUT2D eigenvalue weighted by Gasteiger charge is 2.35. The molecule has 3 aromatic carbocycles. The number of ether oxygens (including phenoxy) is 1. The number of carbonyl (C=O) groups excluding carboxylic acids is 2. The van der Waals surface area contributed by atoms with E-state index in [4.69, 9.17) is 27.9 Å². The van der Waals surface area contributed by atoms with Gasteiger partial charge in [-0.2, -0.15) is 0 Å². The molecular formula is C24H16Cl2FNO3S. The van der Waals surface area contributed by atoms with Crippen molar-refractivity contribution in [1.82, 2.24) is 4.90 Å². The Bertz CT molecular complexity index is 1180. The van der Waals surface area contributed by atoms with Crippen molar-refractivity contribution < 1.29 is 18.7 Å². The molecule has 162 valence electrons. The molecule has 2 amide bonds. The normalized spacial score (nSPS) is 15.0. The Balaban J connectivity index is 1.42. The van der Waals surface area contributed by atoms with E-state index in [1.165, 1.54) is 12.1 Å². The van der Waals surface area contributed by atoms with Gasteiger partial charge in [0.1, 0.15) is 18.2 Å². The lowest BCUT2D eigenvalue weighted by molar-refractivity contribution is -0.123. The zero-order valence-electron chi connectivity index (χ0n) is 16.6. The van der Waals surface area contributed by atoms with Gasteiger partial charge in [0.15, 0.2) is 0 Å². The highest BCUT2D eigenvalue weighted by atomic mass is 35.5. The Labute approximate surface area is 198 Å². The molecule has 0 aliphatic carbocycles. The zero-order chi connectivity index (χ0) is 22.7. The number of halogens is 3. The lowest BCUT2D eigenvalue weighted by Crippen LogP contribution is -2.27. The number of thioether (sulfide) groups is 1. The Kier molecular flexibility index (Phi) is 6.84. The average molecular weight is 488 g/mol. The van der Waals surface area contributed by atoms with Crippen molar-refractivity contribution in [1.29, 1.82) is 0 Å². The third-order valence-corrected chi connectivity index (χ3v) is 6.36. The van der Waals surface area contributed by atoms with Crippen molar-refractivity contribution in [2.24, 2.45) is 0 Å². The smallest absolute Gasteiger partial charge is 0.293 e. The number of carbonyl (C=O) groups is 2. The van der Waals surface area contributed by atoms with E-state index in [2.05, 4.69) is 0 Å². The van der Waals surface area contributed by atoms with Crippen LogP contribution < -0.4 is 4.74 Å². The predicted molar refractivity (Wildman–Crippen MR) is 125 cm³/mol. The summed E-state index contributed by atoms with van der Waals surface area (Å²) in [4.78, 5) is 26.6. The molecule has 1 aliphatic heterocycles. The van der Waals surface area contributed by atoms with Crippen molar-refractivity contribution in [3.63, 3.8) is 0 Å². The molecule has 0 radical (unpaired) electrons. The SMILES string of the molecule is O=C1SC(=Cc2ccc(OCc3ccc(F)cc3)cc2)C(=O)N1Cc1c(Cl)cccc1Cl. The first-order valence-electron chi connectivity index (χ1n) is 9.56. The van der Waals surface area contributed by atoms with E-state index in [1.807, 2.05) is 0 Å². The van der Waals surface area contributed by atoms with E-state index >= 15 is 0 Å². The maximum Gasteiger partial charge on any atom is 0.293 e. The van der Waals surface area contributed by atoms with Crippen LogP contribution >= 0.6 is 35.0 Å². The molecule has 0 spiro atoms. The summed E-state index contributed by atoms with van der Waals surface area (Å²) < 4.78 is 18.7. The van der Waals surface area contributed by atoms with E-state index in [-0.39, 0.29) is 17.6 Å². The van der Waals surface area contributed by atoms with E-state index in [1.54, 1.807) is 60.7 Å². The van der Waals surface area contributed by atoms with Gasteiger partial charge in [0.25, 0.3) is 11.1 Å². The van der Waals surface area contributed by atoms with Crippen LogP contribution in [-0.4, -0.2) is 16.0 Å². The Hall–Kier alpha value is -2.80. The number of benzene rings is 3. The molecule has 1 fully saturated rings. The molecule has 1 saturated heterocycles. The summed E-state index contributed by atoms with van der Waals surface area (Å²) in [6.07, 6.45) is 1.66. The van der Waals surface area contributed by atoms with Crippen molar-refractivity contribution in [2.75, 3.05) is 0 Å². The molecule has 1 heterocycles. The van der Waals surface area contributed by atoms with Crippen LogP contribution in [0.25, 0.3) is 6.08 Å². The van der Waals surface area contributed by atoms with Gasteiger partial charge in [-0.25, -0.2) is 4.39 Å². The van der Waals surface area contributed by atoms with Crippen LogP contribution in [0, 0.1) is 5.82 Å².